The quantitative estimate of drug-likeness (QED) is 0.809. The molecule has 0 radical (unpaired) electrons. The van der Waals surface area contributed by atoms with E-state index in [-0.39, 0.29) is 11.9 Å². The molecule has 5 nitrogen and oxygen atoms in total. The average molecular weight is 245 g/mol. The van der Waals surface area contributed by atoms with E-state index < -0.39 is 0 Å². The third-order valence-electron chi connectivity index (χ3n) is 2.47. The summed E-state index contributed by atoms with van der Waals surface area (Å²) < 4.78 is 5.55. The summed E-state index contributed by atoms with van der Waals surface area (Å²) in [6.45, 7) is 3.93. The molecule has 0 fully saturated rings. The van der Waals surface area contributed by atoms with Crippen molar-refractivity contribution in [2.24, 2.45) is 0 Å². The van der Waals surface area contributed by atoms with Crippen LogP contribution in [0.5, 0.6) is 5.75 Å². The summed E-state index contributed by atoms with van der Waals surface area (Å²) in [5.41, 5.74) is 7.44. The van der Waals surface area contributed by atoms with Crippen molar-refractivity contribution < 1.29 is 9.53 Å². The number of aromatic amines is 1. The van der Waals surface area contributed by atoms with Crippen LogP contribution in [0.25, 0.3) is 11.3 Å². The molecule has 0 spiro atoms. The van der Waals surface area contributed by atoms with E-state index in [4.69, 9.17) is 10.5 Å². The Labute approximate surface area is 105 Å². The van der Waals surface area contributed by atoms with Gasteiger partial charge in [-0.05, 0) is 38.1 Å². The van der Waals surface area contributed by atoms with Gasteiger partial charge in [0.25, 0.3) is 0 Å². The van der Waals surface area contributed by atoms with Crippen molar-refractivity contribution in [3.63, 3.8) is 0 Å². The number of aromatic nitrogens is 2. The maximum atomic E-state index is 10.9. The molecule has 0 unspecified atom stereocenters. The van der Waals surface area contributed by atoms with Crippen molar-refractivity contribution in [3.8, 4) is 17.0 Å². The Balaban J connectivity index is 2.31. The largest absolute Gasteiger partial charge is 0.491 e. The monoisotopic (exact) mass is 245 g/mol. The van der Waals surface area contributed by atoms with Gasteiger partial charge in [0, 0.05) is 5.56 Å². The van der Waals surface area contributed by atoms with Gasteiger partial charge >= 0.3 is 0 Å². The number of nitrogen functional groups attached to an aromatic ring is 1. The van der Waals surface area contributed by atoms with Crippen LogP contribution in [0.4, 0.5) is 5.82 Å². The Morgan fingerprint density at radius 3 is 2.56 bits per heavy atom. The minimum absolute atomic E-state index is 0.129. The third-order valence-corrected chi connectivity index (χ3v) is 2.47. The van der Waals surface area contributed by atoms with Crippen LogP contribution < -0.4 is 10.5 Å². The Hall–Kier alpha value is -2.30. The van der Waals surface area contributed by atoms with E-state index in [9.17, 15) is 4.79 Å². The van der Waals surface area contributed by atoms with Gasteiger partial charge in [0.1, 0.15) is 5.75 Å². The van der Waals surface area contributed by atoms with Crippen molar-refractivity contribution in [1.82, 2.24) is 10.2 Å². The highest BCUT2D eigenvalue weighted by Crippen LogP contribution is 2.25. The lowest BCUT2D eigenvalue weighted by atomic mass is 10.1. The fraction of sp³-hybridized carbons (Fsp3) is 0.231. The van der Waals surface area contributed by atoms with Crippen LogP contribution in [0, 0.1) is 0 Å². The fourth-order valence-electron chi connectivity index (χ4n) is 1.68. The zero-order valence-electron chi connectivity index (χ0n) is 10.3. The molecule has 94 valence electrons. The summed E-state index contributed by atoms with van der Waals surface area (Å²) in [5.74, 6) is 0.997. The molecule has 0 atom stereocenters. The summed E-state index contributed by atoms with van der Waals surface area (Å²) in [6, 6.07) is 7.41. The molecule has 0 saturated carbocycles. The Morgan fingerprint density at radius 1 is 1.33 bits per heavy atom. The Bertz CT molecular complexity index is 544. The number of hydrogen-bond donors (Lipinski definition) is 2. The zero-order chi connectivity index (χ0) is 13.1. The van der Waals surface area contributed by atoms with Gasteiger partial charge in [-0.15, -0.1) is 0 Å². The van der Waals surface area contributed by atoms with Crippen molar-refractivity contribution in [3.05, 3.63) is 29.8 Å². The first kappa shape index (κ1) is 12.2. The lowest BCUT2D eigenvalue weighted by molar-refractivity contribution is 0.112. The van der Waals surface area contributed by atoms with Gasteiger partial charge in [-0.25, -0.2) is 0 Å². The molecule has 1 heterocycles. The van der Waals surface area contributed by atoms with Crippen LogP contribution in [0.2, 0.25) is 0 Å². The second-order valence-corrected chi connectivity index (χ2v) is 4.21. The molecule has 1 aromatic heterocycles. The summed E-state index contributed by atoms with van der Waals surface area (Å²) in [5, 5.41) is 6.58. The molecule has 0 aliphatic heterocycles. The molecular formula is C13H15N3O2. The number of benzene rings is 1. The number of nitrogens with two attached hydrogens (primary N) is 1. The number of hydrogen-bond acceptors (Lipinski definition) is 4. The van der Waals surface area contributed by atoms with Crippen molar-refractivity contribution >= 4 is 12.1 Å². The second-order valence-electron chi connectivity index (χ2n) is 4.21. The number of aldehydes is 1. The van der Waals surface area contributed by atoms with E-state index in [2.05, 4.69) is 10.2 Å². The minimum Gasteiger partial charge on any atom is -0.491 e. The first-order valence-corrected chi connectivity index (χ1v) is 5.68. The zero-order valence-corrected chi connectivity index (χ0v) is 10.3. The smallest absolute Gasteiger partial charge is 0.156 e. The SMILES string of the molecule is CC(C)Oc1ccc(-c2[nH]nc(N)c2C=O)cc1. The average Bonchev–Trinajstić information content (AvgIpc) is 2.70. The van der Waals surface area contributed by atoms with Gasteiger partial charge in [-0.3, -0.25) is 9.89 Å². The van der Waals surface area contributed by atoms with Gasteiger partial charge in [0.05, 0.1) is 17.4 Å². The summed E-state index contributed by atoms with van der Waals surface area (Å²) in [7, 11) is 0. The first-order chi connectivity index (χ1) is 8.61. The highest BCUT2D eigenvalue weighted by Gasteiger charge is 2.11. The number of carbonyl (C=O) groups excluding carboxylic acids is 1. The van der Waals surface area contributed by atoms with Gasteiger partial charge in [0.2, 0.25) is 0 Å². The van der Waals surface area contributed by atoms with E-state index in [1.807, 2.05) is 38.1 Å². The van der Waals surface area contributed by atoms with Crippen molar-refractivity contribution in [1.29, 1.82) is 0 Å². The van der Waals surface area contributed by atoms with E-state index >= 15 is 0 Å². The number of anilines is 1. The Kier molecular flexibility index (Phi) is 3.32. The number of H-pyrrole nitrogens is 1. The molecule has 18 heavy (non-hydrogen) atoms. The Morgan fingerprint density at radius 2 is 2.00 bits per heavy atom. The minimum atomic E-state index is 0.129. The lowest BCUT2D eigenvalue weighted by Gasteiger charge is -2.09. The van der Waals surface area contributed by atoms with Crippen molar-refractivity contribution in [2.75, 3.05) is 5.73 Å². The first-order valence-electron chi connectivity index (χ1n) is 5.68. The third kappa shape index (κ3) is 2.34. The maximum absolute atomic E-state index is 10.9. The van der Waals surface area contributed by atoms with Gasteiger partial charge in [-0.2, -0.15) is 5.10 Å². The molecule has 3 N–H and O–H groups in total. The number of carbonyl (C=O) groups is 1. The molecule has 0 aliphatic rings. The normalized spacial score (nSPS) is 10.6. The number of ether oxygens (including phenoxy) is 1. The highest BCUT2D eigenvalue weighted by atomic mass is 16.5. The van der Waals surface area contributed by atoms with E-state index in [1.54, 1.807) is 0 Å². The van der Waals surface area contributed by atoms with E-state index in [1.165, 1.54) is 0 Å². The van der Waals surface area contributed by atoms with Crippen LogP contribution in [0.1, 0.15) is 24.2 Å². The molecule has 2 aromatic rings. The predicted octanol–water partition coefficient (Wildman–Crippen LogP) is 2.26. The molecule has 1 aromatic carbocycles. The standard InChI is InChI=1S/C13H15N3O2/c1-8(2)18-10-5-3-9(4-6-10)12-11(7-17)13(14)16-15-12/h3-8H,1-2H3,(H3,14,15,16). The van der Waals surface area contributed by atoms with E-state index in [0.29, 0.717) is 17.5 Å². The molecular weight excluding hydrogens is 230 g/mol. The van der Waals surface area contributed by atoms with Gasteiger partial charge in [0.15, 0.2) is 12.1 Å². The van der Waals surface area contributed by atoms with Crippen LogP contribution in [-0.4, -0.2) is 22.6 Å². The topological polar surface area (TPSA) is 81.0 Å². The fourth-order valence-corrected chi connectivity index (χ4v) is 1.68. The number of nitrogens with zero attached hydrogens (tertiary/aromatic N) is 1. The van der Waals surface area contributed by atoms with Crippen LogP contribution in [0.3, 0.4) is 0 Å². The predicted molar refractivity (Wildman–Crippen MR) is 69.6 cm³/mol. The molecule has 0 amide bonds. The van der Waals surface area contributed by atoms with Gasteiger partial charge < -0.3 is 10.5 Å². The molecule has 0 bridgehead atoms. The van der Waals surface area contributed by atoms with Crippen molar-refractivity contribution in [2.45, 2.75) is 20.0 Å². The molecule has 5 heteroatoms. The number of nitrogens with one attached hydrogen (secondary N) is 1. The number of rotatable bonds is 4. The second kappa shape index (κ2) is 4.91. The maximum Gasteiger partial charge on any atom is 0.156 e. The van der Waals surface area contributed by atoms with Gasteiger partial charge in [-0.1, -0.05) is 0 Å². The summed E-state index contributed by atoms with van der Waals surface area (Å²) >= 11 is 0. The van der Waals surface area contributed by atoms with Crippen LogP contribution in [0.15, 0.2) is 24.3 Å². The van der Waals surface area contributed by atoms with Crippen LogP contribution >= 0.6 is 0 Å². The molecule has 0 saturated heterocycles. The van der Waals surface area contributed by atoms with E-state index in [0.717, 1.165) is 11.3 Å². The summed E-state index contributed by atoms with van der Waals surface area (Å²) in [4.78, 5) is 10.9. The molecule has 2 rings (SSSR count). The highest BCUT2D eigenvalue weighted by molar-refractivity contribution is 5.91. The molecule has 0 aliphatic carbocycles. The lowest BCUT2D eigenvalue weighted by Crippen LogP contribution is -2.05. The summed E-state index contributed by atoms with van der Waals surface area (Å²) in [6.07, 6.45) is 0.830. The van der Waals surface area contributed by atoms with Crippen LogP contribution in [-0.2, 0) is 0 Å².